The second-order valence-corrected chi connectivity index (χ2v) is 4.48. The van der Waals surface area contributed by atoms with Crippen LogP contribution in [0.4, 0.5) is 13.2 Å². The second-order valence-electron chi connectivity index (χ2n) is 3.57. The van der Waals surface area contributed by atoms with Gasteiger partial charge in [0.25, 0.3) is 0 Å². The highest BCUT2D eigenvalue weighted by molar-refractivity contribution is 9.10. The van der Waals surface area contributed by atoms with Gasteiger partial charge in [-0.1, -0.05) is 28.1 Å². The Hall–Kier alpha value is -1.34. The molecule has 7 heteroatoms. The van der Waals surface area contributed by atoms with Crippen LogP contribution in [-0.2, 0) is 12.9 Å². The SMILES string of the molecule is OCn1cc(C(F)(F)F)nc1-c1ccc(Br)cc1. The minimum Gasteiger partial charge on any atom is -0.376 e. The van der Waals surface area contributed by atoms with Crippen molar-refractivity contribution in [2.24, 2.45) is 0 Å². The largest absolute Gasteiger partial charge is 0.434 e. The van der Waals surface area contributed by atoms with E-state index in [0.717, 1.165) is 15.2 Å². The zero-order valence-corrected chi connectivity index (χ0v) is 10.5. The maximum Gasteiger partial charge on any atom is 0.434 e. The fraction of sp³-hybridized carbons (Fsp3) is 0.182. The van der Waals surface area contributed by atoms with Gasteiger partial charge in [-0.05, 0) is 12.1 Å². The molecule has 0 saturated carbocycles. The van der Waals surface area contributed by atoms with Gasteiger partial charge in [-0.25, -0.2) is 4.98 Å². The highest BCUT2D eigenvalue weighted by atomic mass is 79.9. The lowest BCUT2D eigenvalue weighted by atomic mass is 10.2. The molecule has 1 N–H and O–H groups in total. The summed E-state index contributed by atoms with van der Waals surface area (Å²) in [6, 6.07) is 6.63. The maximum atomic E-state index is 12.5. The summed E-state index contributed by atoms with van der Waals surface area (Å²) in [5.74, 6) is 0.0809. The Balaban J connectivity index is 2.50. The highest BCUT2D eigenvalue weighted by Crippen LogP contribution is 2.31. The lowest BCUT2D eigenvalue weighted by molar-refractivity contribution is -0.140. The number of aliphatic hydroxyl groups excluding tert-OH is 1. The van der Waals surface area contributed by atoms with E-state index in [-0.39, 0.29) is 5.82 Å². The van der Waals surface area contributed by atoms with Crippen LogP contribution in [0.2, 0.25) is 0 Å². The monoisotopic (exact) mass is 320 g/mol. The Bertz CT molecular complexity index is 548. The second kappa shape index (κ2) is 4.74. The minimum absolute atomic E-state index is 0.0809. The smallest absolute Gasteiger partial charge is 0.376 e. The van der Waals surface area contributed by atoms with E-state index in [1.807, 2.05) is 0 Å². The van der Waals surface area contributed by atoms with E-state index in [4.69, 9.17) is 5.11 Å². The van der Waals surface area contributed by atoms with Crippen LogP contribution in [0, 0.1) is 0 Å². The summed E-state index contributed by atoms with van der Waals surface area (Å²) in [4.78, 5) is 3.51. The van der Waals surface area contributed by atoms with Gasteiger partial charge in [0.15, 0.2) is 5.69 Å². The molecule has 0 amide bonds. The molecule has 0 aliphatic rings. The number of hydrogen-bond acceptors (Lipinski definition) is 2. The standard InChI is InChI=1S/C11H8BrF3N2O/c12-8-3-1-7(2-4-8)10-16-9(11(13,14)15)5-17(10)6-18/h1-5,18H,6H2. The van der Waals surface area contributed by atoms with Gasteiger partial charge in [0.1, 0.15) is 12.6 Å². The van der Waals surface area contributed by atoms with Gasteiger partial charge >= 0.3 is 6.18 Å². The number of imidazole rings is 1. The van der Waals surface area contributed by atoms with Gasteiger partial charge in [0.05, 0.1) is 0 Å². The molecule has 0 aliphatic heterocycles. The summed E-state index contributed by atoms with van der Waals surface area (Å²) in [5, 5.41) is 9.06. The van der Waals surface area contributed by atoms with E-state index in [1.54, 1.807) is 24.3 Å². The molecule has 96 valence electrons. The van der Waals surface area contributed by atoms with Crippen LogP contribution >= 0.6 is 15.9 Å². The highest BCUT2D eigenvalue weighted by Gasteiger charge is 2.34. The third-order valence-corrected chi connectivity index (χ3v) is 2.85. The summed E-state index contributed by atoms with van der Waals surface area (Å²) in [7, 11) is 0. The molecule has 0 aliphatic carbocycles. The average Bonchev–Trinajstić information content (AvgIpc) is 2.73. The van der Waals surface area contributed by atoms with Crippen molar-refractivity contribution in [3.63, 3.8) is 0 Å². The van der Waals surface area contributed by atoms with Crippen LogP contribution in [-0.4, -0.2) is 14.7 Å². The van der Waals surface area contributed by atoms with Gasteiger partial charge < -0.3 is 9.67 Å². The first-order valence-electron chi connectivity index (χ1n) is 4.93. The van der Waals surface area contributed by atoms with Crippen molar-refractivity contribution in [1.29, 1.82) is 0 Å². The first kappa shape index (κ1) is 13.1. The predicted octanol–water partition coefficient (Wildman–Crippen LogP) is 3.28. The van der Waals surface area contributed by atoms with E-state index in [0.29, 0.717) is 5.56 Å². The quantitative estimate of drug-likeness (QED) is 0.922. The van der Waals surface area contributed by atoms with Crippen molar-refractivity contribution in [2.45, 2.75) is 12.9 Å². The molecule has 1 heterocycles. The van der Waals surface area contributed by atoms with Gasteiger partial charge in [-0.3, -0.25) is 0 Å². The summed E-state index contributed by atoms with van der Waals surface area (Å²) < 4.78 is 39.5. The molecule has 1 aromatic heterocycles. The van der Waals surface area contributed by atoms with Crippen molar-refractivity contribution in [3.05, 3.63) is 40.6 Å². The zero-order chi connectivity index (χ0) is 13.3. The Morgan fingerprint density at radius 2 is 1.83 bits per heavy atom. The Morgan fingerprint density at radius 3 is 2.33 bits per heavy atom. The number of nitrogens with zero attached hydrogens (tertiary/aromatic N) is 2. The Kier molecular flexibility index (Phi) is 3.45. The molecule has 0 bridgehead atoms. The normalized spacial score (nSPS) is 11.8. The molecule has 0 unspecified atom stereocenters. The number of benzene rings is 1. The molecule has 0 saturated heterocycles. The summed E-state index contributed by atoms with van der Waals surface area (Å²) in [6.07, 6.45) is -3.73. The Morgan fingerprint density at radius 1 is 1.22 bits per heavy atom. The molecule has 0 radical (unpaired) electrons. The van der Waals surface area contributed by atoms with Crippen LogP contribution < -0.4 is 0 Å². The topological polar surface area (TPSA) is 38.0 Å². The molecular weight excluding hydrogens is 313 g/mol. The molecule has 1 aromatic carbocycles. The van der Waals surface area contributed by atoms with Crippen LogP contribution in [0.5, 0.6) is 0 Å². The van der Waals surface area contributed by atoms with Crippen molar-refractivity contribution in [3.8, 4) is 11.4 Å². The van der Waals surface area contributed by atoms with Crippen LogP contribution in [0.3, 0.4) is 0 Å². The number of alkyl halides is 3. The first-order valence-corrected chi connectivity index (χ1v) is 5.72. The van der Waals surface area contributed by atoms with Crippen molar-refractivity contribution in [1.82, 2.24) is 9.55 Å². The summed E-state index contributed by atoms with van der Waals surface area (Å²) >= 11 is 3.23. The third-order valence-electron chi connectivity index (χ3n) is 2.32. The van der Waals surface area contributed by atoms with Gasteiger partial charge in [-0.15, -0.1) is 0 Å². The van der Waals surface area contributed by atoms with Crippen LogP contribution in [0.25, 0.3) is 11.4 Å². The van der Waals surface area contributed by atoms with Gasteiger partial charge in [0.2, 0.25) is 0 Å². The van der Waals surface area contributed by atoms with Crippen LogP contribution in [0.1, 0.15) is 5.69 Å². The van der Waals surface area contributed by atoms with E-state index < -0.39 is 18.6 Å². The van der Waals surface area contributed by atoms with Gasteiger partial charge in [0, 0.05) is 16.2 Å². The fourth-order valence-corrected chi connectivity index (χ4v) is 1.75. The third kappa shape index (κ3) is 2.56. The molecule has 3 nitrogen and oxygen atoms in total. The van der Waals surface area contributed by atoms with E-state index in [2.05, 4.69) is 20.9 Å². The molecule has 2 aromatic rings. The average molecular weight is 321 g/mol. The fourth-order valence-electron chi connectivity index (χ4n) is 1.49. The molecule has 2 rings (SSSR count). The molecule has 18 heavy (non-hydrogen) atoms. The summed E-state index contributed by atoms with van der Waals surface area (Å²) in [5.41, 5.74) is -0.516. The molecule has 0 fully saturated rings. The summed E-state index contributed by atoms with van der Waals surface area (Å²) in [6.45, 7) is -0.561. The number of rotatable bonds is 2. The number of aromatic nitrogens is 2. The lowest BCUT2D eigenvalue weighted by Gasteiger charge is -2.03. The minimum atomic E-state index is -4.52. The van der Waals surface area contributed by atoms with Crippen molar-refractivity contribution in [2.75, 3.05) is 0 Å². The van der Waals surface area contributed by atoms with E-state index >= 15 is 0 Å². The van der Waals surface area contributed by atoms with Crippen LogP contribution in [0.15, 0.2) is 34.9 Å². The van der Waals surface area contributed by atoms with Crippen molar-refractivity contribution >= 4 is 15.9 Å². The van der Waals surface area contributed by atoms with Crippen molar-refractivity contribution < 1.29 is 18.3 Å². The van der Waals surface area contributed by atoms with E-state index in [9.17, 15) is 13.2 Å². The van der Waals surface area contributed by atoms with E-state index in [1.165, 1.54) is 0 Å². The molecule has 0 spiro atoms. The van der Waals surface area contributed by atoms with Gasteiger partial charge in [-0.2, -0.15) is 13.2 Å². The first-order chi connectivity index (χ1) is 8.41. The predicted molar refractivity (Wildman–Crippen MR) is 62.6 cm³/mol. The lowest BCUT2D eigenvalue weighted by Crippen LogP contribution is -2.05. The number of halogens is 4. The maximum absolute atomic E-state index is 12.5. The zero-order valence-electron chi connectivity index (χ0n) is 8.95. The molecular formula is C11H8BrF3N2O. The Labute approximate surface area is 109 Å². The number of aliphatic hydroxyl groups is 1. The molecule has 0 atom stereocenters. The number of hydrogen-bond donors (Lipinski definition) is 1.